The quantitative estimate of drug-likeness (QED) is 0.173. The molecule has 11 aromatic rings. The molecule has 0 unspecified atom stereocenters. The van der Waals surface area contributed by atoms with Gasteiger partial charge >= 0.3 is 0 Å². The molecule has 1 heterocycles. The number of fused-ring (bicyclic) bond motifs is 15. The summed E-state index contributed by atoms with van der Waals surface area (Å²) in [6, 6.07) is 82.3. The van der Waals surface area contributed by atoms with Crippen LogP contribution in [0.15, 0.2) is 229 Å². The molecule has 0 saturated heterocycles. The fourth-order valence-corrected chi connectivity index (χ4v) is 10.7. The van der Waals surface area contributed by atoms with Crippen LogP contribution in [-0.4, -0.2) is 0 Å². The van der Waals surface area contributed by atoms with Gasteiger partial charge in [-0.25, -0.2) is 0 Å². The Morgan fingerprint density at radius 3 is 1.51 bits per heavy atom. The van der Waals surface area contributed by atoms with E-state index >= 15 is 0 Å². The van der Waals surface area contributed by atoms with Gasteiger partial charge in [0.1, 0.15) is 11.2 Å². The lowest BCUT2D eigenvalue weighted by molar-refractivity contribution is 0.669. The zero-order chi connectivity index (χ0) is 40.1. The first-order valence-electron chi connectivity index (χ1n) is 21.1. The van der Waals surface area contributed by atoms with E-state index in [1.165, 1.54) is 66.4 Å². The van der Waals surface area contributed by atoms with Gasteiger partial charge in [-0.15, -0.1) is 0 Å². The first kappa shape index (κ1) is 34.0. The first-order chi connectivity index (χ1) is 30.3. The average Bonchev–Trinajstić information content (AvgIpc) is 3.97. The van der Waals surface area contributed by atoms with E-state index in [-0.39, 0.29) is 0 Å². The highest BCUT2D eigenvalue weighted by Gasteiger charge is 2.51. The summed E-state index contributed by atoms with van der Waals surface area (Å²) in [5.41, 5.74) is 19.5. The molecule has 13 rings (SSSR count). The molecular weight excluding hydrogens is 739 g/mol. The zero-order valence-corrected chi connectivity index (χ0v) is 33.2. The van der Waals surface area contributed by atoms with Gasteiger partial charge in [-0.3, -0.25) is 0 Å². The molecule has 0 N–H and O–H groups in total. The normalized spacial score (nSPS) is 13.0. The fourth-order valence-electron chi connectivity index (χ4n) is 10.7. The Hall–Kier alpha value is -7.94. The molecule has 284 valence electrons. The monoisotopic (exact) mass is 775 g/mol. The first-order valence-corrected chi connectivity index (χ1v) is 21.1. The van der Waals surface area contributed by atoms with Crippen LogP contribution in [-0.2, 0) is 5.41 Å². The molecule has 0 radical (unpaired) electrons. The van der Waals surface area contributed by atoms with Gasteiger partial charge in [-0.2, -0.15) is 0 Å². The molecule has 0 bridgehead atoms. The van der Waals surface area contributed by atoms with Crippen LogP contribution in [0.4, 0.5) is 17.1 Å². The van der Waals surface area contributed by atoms with Crippen LogP contribution in [0.25, 0.3) is 77.2 Å². The Labute approximate surface area is 354 Å². The van der Waals surface area contributed by atoms with Gasteiger partial charge < -0.3 is 9.32 Å². The Kier molecular flexibility index (Phi) is 7.26. The van der Waals surface area contributed by atoms with Crippen LogP contribution in [0.1, 0.15) is 22.3 Å². The van der Waals surface area contributed by atoms with Crippen molar-refractivity contribution in [3.8, 4) is 44.5 Å². The number of hydrogen-bond donors (Lipinski definition) is 0. The second kappa shape index (κ2) is 13.0. The molecule has 0 aliphatic heterocycles. The molecule has 2 nitrogen and oxygen atoms in total. The summed E-state index contributed by atoms with van der Waals surface area (Å²) in [7, 11) is 0. The van der Waals surface area contributed by atoms with Crippen molar-refractivity contribution in [2.75, 3.05) is 4.90 Å². The Morgan fingerprint density at radius 2 is 0.852 bits per heavy atom. The molecule has 61 heavy (non-hydrogen) atoms. The van der Waals surface area contributed by atoms with Crippen LogP contribution in [0, 0.1) is 0 Å². The molecule has 2 aliphatic carbocycles. The van der Waals surface area contributed by atoms with Gasteiger partial charge in [0.15, 0.2) is 0 Å². The van der Waals surface area contributed by atoms with E-state index in [1.54, 1.807) is 0 Å². The molecule has 1 aromatic heterocycles. The number of furan rings is 1. The van der Waals surface area contributed by atoms with Crippen molar-refractivity contribution >= 4 is 49.8 Å². The van der Waals surface area contributed by atoms with Crippen LogP contribution in [0.2, 0.25) is 0 Å². The van der Waals surface area contributed by atoms with Crippen LogP contribution < -0.4 is 4.90 Å². The van der Waals surface area contributed by atoms with Crippen molar-refractivity contribution in [2.24, 2.45) is 0 Å². The Balaban J connectivity index is 1.14. The predicted octanol–water partition coefficient (Wildman–Crippen LogP) is 15.9. The minimum Gasteiger partial charge on any atom is -0.456 e. The summed E-state index contributed by atoms with van der Waals surface area (Å²) in [6.07, 6.45) is 0. The van der Waals surface area contributed by atoms with E-state index in [9.17, 15) is 0 Å². The second-order valence-electron chi connectivity index (χ2n) is 16.4. The van der Waals surface area contributed by atoms with Crippen molar-refractivity contribution in [2.45, 2.75) is 5.41 Å². The largest absolute Gasteiger partial charge is 0.456 e. The van der Waals surface area contributed by atoms with E-state index in [1.807, 2.05) is 0 Å². The van der Waals surface area contributed by atoms with Crippen molar-refractivity contribution in [3.05, 3.63) is 247 Å². The molecule has 0 saturated carbocycles. The number of nitrogens with zero attached hydrogens (tertiary/aromatic N) is 1. The van der Waals surface area contributed by atoms with E-state index in [0.717, 1.165) is 50.1 Å². The maximum atomic E-state index is 6.91. The summed E-state index contributed by atoms with van der Waals surface area (Å²) in [6.45, 7) is 0. The van der Waals surface area contributed by atoms with E-state index in [0.29, 0.717) is 0 Å². The van der Waals surface area contributed by atoms with Crippen LogP contribution in [0.5, 0.6) is 0 Å². The SMILES string of the molecule is c1ccc(-c2ccc(N(c3ccc4c(c3)C3(c5ccccc5-c5ccccc53)c3ccccc3-4)c3cc(-c4ccccc4)cc4oc5ccc6ccccc6c5c34)cc2)cc1. The second-order valence-corrected chi connectivity index (χ2v) is 16.4. The smallest absolute Gasteiger partial charge is 0.138 e. The van der Waals surface area contributed by atoms with Crippen molar-refractivity contribution in [1.82, 2.24) is 0 Å². The highest BCUT2D eigenvalue weighted by Crippen LogP contribution is 2.63. The molecule has 0 amide bonds. The lowest BCUT2D eigenvalue weighted by Crippen LogP contribution is -2.26. The summed E-state index contributed by atoms with van der Waals surface area (Å²) < 4.78 is 6.91. The number of hydrogen-bond acceptors (Lipinski definition) is 2. The van der Waals surface area contributed by atoms with E-state index in [2.05, 4.69) is 229 Å². The predicted molar refractivity (Wildman–Crippen MR) is 253 cm³/mol. The highest BCUT2D eigenvalue weighted by atomic mass is 16.3. The third kappa shape index (κ3) is 4.85. The number of anilines is 3. The third-order valence-corrected chi connectivity index (χ3v) is 13.3. The Bertz CT molecular complexity index is 3460. The van der Waals surface area contributed by atoms with Gasteiger partial charge in [0.25, 0.3) is 0 Å². The standard InChI is InChI=1S/C59H37NO/c1-3-15-38(16-4-1)40-27-30-43(31-28-40)60(54-35-42(39-17-5-2-6-18-39)36-56-58(54)57-45-20-8-7-19-41(45)29-34-55(57)61-56)44-32-33-49-48-23-11-14-26-52(48)59(53(49)37-44)50-24-12-9-21-46(50)47-22-10-13-25-51(47)59/h1-37H. The highest BCUT2D eigenvalue weighted by molar-refractivity contribution is 6.24. The van der Waals surface area contributed by atoms with E-state index in [4.69, 9.17) is 4.42 Å². The van der Waals surface area contributed by atoms with Crippen LogP contribution in [0.3, 0.4) is 0 Å². The molecule has 0 fully saturated rings. The molecule has 10 aromatic carbocycles. The van der Waals surface area contributed by atoms with Gasteiger partial charge in [-0.05, 0) is 120 Å². The lowest BCUT2D eigenvalue weighted by Gasteiger charge is -2.32. The topological polar surface area (TPSA) is 16.4 Å². The van der Waals surface area contributed by atoms with Gasteiger partial charge in [0.05, 0.1) is 16.5 Å². The van der Waals surface area contributed by atoms with Gasteiger partial charge in [0.2, 0.25) is 0 Å². The summed E-state index contributed by atoms with van der Waals surface area (Å²) in [5, 5.41) is 4.57. The van der Waals surface area contributed by atoms with Gasteiger partial charge in [0, 0.05) is 16.8 Å². The summed E-state index contributed by atoms with van der Waals surface area (Å²) in [5.74, 6) is 0. The molecular formula is C59H37NO. The maximum absolute atomic E-state index is 6.91. The maximum Gasteiger partial charge on any atom is 0.138 e. The molecule has 2 aliphatic rings. The Morgan fingerprint density at radius 1 is 0.328 bits per heavy atom. The van der Waals surface area contributed by atoms with Crippen molar-refractivity contribution in [3.63, 3.8) is 0 Å². The minimum atomic E-state index is -0.474. The van der Waals surface area contributed by atoms with Crippen LogP contribution >= 0.6 is 0 Å². The lowest BCUT2D eigenvalue weighted by atomic mass is 9.70. The minimum absolute atomic E-state index is 0.474. The average molecular weight is 776 g/mol. The van der Waals surface area contributed by atoms with Crippen molar-refractivity contribution in [1.29, 1.82) is 0 Å². The summed E-state index contributed by atoms with van der Waals surface area (Å²) >= 11 is 0. The van der Waals surface area contributed by atoms with E-state index < -0.39 is 5.41 Å². The molecule has 1 spiro atoms. The third-order valence-electron chi connectivity index (χ3n) is 13.3. The van der Waals surface area contributed by atoms with Crippen molar-refractivity contribution < 1.29 is 4.42 Å². The molecule has 0 atom stereocenters. The number of rotatable bonds is 5. The zero-order valence-electron chi connectivity index (χ0n) is 33.2. The molecule has 2 heteroatoms. The van der Waals surface area contributed by atoms with Gasteiger partial charge in [-0.1, -0.05) is 182 Å². The fraction of sp³-hybridized carbons (Fsp3) is 0.0169. The number of benzene rings is 10. The summed E-state index contributed by atoms with van der Waals surface area (Å²) in [4.78, 5) is 2.48.